The van der Waals surface area contributed by atoms with Crippen molar-refractivity contribution in [2.24, 2.45) is 0 Å². The van der Waals surface area contributed by atoms with Crippen LogP contribution in [0.25, 0.3) is 0 Å². The summed E-state index contributed by atoms with van der Waals surface area (Å²) in [6.45, 7) is 1.87. The molecule has 1 aromatic rings. The summed E-state index contributed by atoms with van der Waals surface area (Å²) >= 11 is 5.43. The number of nitrogens with one attached hydrogen (secondary N) is 1. The molecule has 1 N–H and O–H groups in total. The van der Waals surface area contributed by atoms with E-state index in [0.29, 0.717) is 5.69 Å². The van der Waals surface area contributed by atoms with E-state index in [1.807, 2.05) is 38.1 Å². The van der Waals surface area contributed by atoms with E-state index in [4.69, 9.17) is 11.6 Å². The largest absolute Gasteiger partial charge is 0.378 e. The molecule has 0 unspecified atom stereocenters. The highest BCUT2D eigenvalue weighted by molar-refractivity contribution is 7.92. The average molecular weight is 277 g/mol. The molecule has 17 heavy (non-hydrogen) atoms. The number of hydrogen-bond acceptors (Lipinski definition) is 3. The van der Waals surface area contributed by atoms with Crippen LogP contribution in [0.15, 0.2) is 18.2 Å². The van der Waals surface area contributed by atoms with E-state index in [-0.39, 0.29) is 11.6 Å². The van der Waals surface area contributed by atoms with Gasteiger partial charge in [0.2, 0.25) is 10.0 Å². The summed E-state index contributed by atoms with van der Waals surface area (Å²) < 4.78 is 25.7. The minimum Gasteiger partial charge on any atom is -0.378 e. The third-order valence-corrected chi connectivity index (χ3v) is 4.02. The van der Waals surface area contributed by atoms with E-state index in [2.05, 4.69) is 4.72 Å². The fourth-order valence-electron chi connectivity index (χ4n) is 1.36. The average Bonchev–Trinajstić information content (AvgIpc) is 2.20. The maximum Gasteiger partial charge on any atom is 0.233 e. The molecule has 4 nitrogen and oxygen atoms in total. The van der Waals surface area contributed by atoms with Crippen LogP contribution in [-0.2, 0) is 10.0 Å². The van der Waals surface area contributed by atoms with Gasteiger partial charge in [-0.25, -0.2) is 8.42 Å². The van der Waals surface area contributed by atoms with Gasteiger partial charge in [-0.3, -0.25) is 4.72 Å². The molecule has 0 radical (unpaired) electrons. The molecule has 96 valence electrons. The SMILES string of the molecule is Cc1cc(N(C)C)ccc1NS(=O)(=O)CCCl. The van der Waals surface area contributed by atoms with E-state index >= 15 is 0 Å². The number of rotatable bonds is 5. The quantitative estimate of drug-likeness (QED) is 0.838. The Balaban J connectivity index is 2.94. The van der Waals surface area contributed by atoms with E-state index in [1.54, 1.807) is 6.07 Å². The molecule has 0 aliphatic carbocycles. The summed E-state index contributed by atoms with van der Waals surface area (Å²) in [5.74, 6) is 0.00753. The molecule has 0 aromatic heterocycles. The first-order valence-corrected chi connectivity index (χ1v) is 7.39. The second-order valence-electron chi connectivity index (χ2n) is 4.00. The molecular formula is C11H17ClN2O2S. The van der Waals surface area contributed by atoms with Gasteiger partial charge in [0, 0.05) is 25.7 Å². The Morgan fingerprint density at radius 3 is 2.47 bits per heavy atom. The number of sulfonamides is 1. The second-order valence-corrected chi connectivity index (χ2v) is 6.22. The number of nitrogens with zero attached hydrogens (tertiary/aromatic N) is 1. The number of benzene rings is 1. The third-order valence-electron chi connectivity index (χ3n) is 2.34. The predicted molar refractivity (Wildman–Crippen MR) is 73.6 cm³/mol. The molecule has 1 aromatic carbocycles. The Hall–Kier alpha value is -0.940. The van der Waals surface area contributed by atoms with Crippen LogP contribution in [0.4, 0.5) is 11.4 Å². The Morgan fingerprint density at radius 1 is 1.35 bits per heavy atom. The normalized spacial score (nSPS) is 11.3. The molecule has 1 rings (SSSR count). The fraction of sp³-hybridized carbons (Fsp3) is 0.455. The first-order chi connectivity index (χ1) is 7.85. The number of aryl methyl sites for hydroxylation is 1. The van der Waals surface area contributed by atoms with Gasteiger partial charge < -0.3 is 4.90 Å². The maximum atomic E-state index is 11.6. The minimum atomic E-state index is -3.34. The molecule has 0 aliphatic heterocycles. The molecule has 0 heterocycles. The summed E-state index contributed by atoms with van der Waals surface area (Å²) in [5.41, 5.74) is 2.51. The van der Waals surface area contributed by atoms with Crippen LogP contribution < -0.4 is 9.62 Å². The van der Waals surface area contributed by atoms with E-state index in [1.165, 1.54) is 0 Å². The van der Waals surface area contributed by atoms with Crippen molar-refractivity contribution in [3.63, 3.8) is 0 Å². The van der Waals surface area contributed by atoms with Crippen molar-refractivity contribution in [3.05, 3.63) is 23.8 Å². The van der Waals surface area contributed by atoms with Crippen LogP contribution in [0.2, 0.25) is 0 Å². The lowest BCUT2D eigenvalue weighted by molar-refractivity contribution is 0.602. The van der Waals surface area contributed by atoms with Crippen LogP contribution in [0, 0.1) is 6.92 Å². The van der Waals surface area contributed by atoms with Crippen molar-refractivity contribution in [2.75, 3.05) is 35.4 Å². The zero-order valence-electron chi connectivity index (χ0n) is 10.2. The van der Waals surface area contributed by atoms with Crippen molar-refractivity contribution < 1.29 is 8.42 Å². The number of alkyl halides is 1. The lowest BCUT2D eigenvalue weighted by Crippen LogP contribution is -2.18. The van der Waals surface area contributed by atoms with Gasteiger partial charge in [-0.05, 0) is 30.7 Å². The zero-order valence-corrected chi connectivity index (χ0v) is 11.8. The number of hydrogen-bond donors (Lipinski definition) is 1. The van der Waals surface area contributed by atoms with Gasteiger partial charge in [0.25, 0.3) is 0 Å². The van der Waals surface area contributed by atoms with Crippen LogP contribution in [-0.4, -0.2) is 34.1 Å². The highest BCUT2D eigenvalue weighted by Gasteiger charge is 2.11. The van der Waals surface area contributed by atoms with Crippen LogP contribution in [0.3, 0.4) is 0 Å². The summed E-state index contributed by atoms with van der Waals surface area (Å²) in [4.78, 5) is 1.96. The maximum absolute atomic E-state index is 11.6. The molecule has 0 aliphatic rings. The molecule has 0 bridgehead atoms. The molecule has 0 fully saturated rings. The molecule has 0 saturated heterocycles. The summed E-state index contributed by atoms with van der Waals surface area (Å²) in [5, 5.41) is 0. The van der Waals surface area contributed by atoms with Crippen molar-refractivity contribution in [1.29, 1.82) is 0 Å². The molecule has 0 spiro atoms. The zero-order chi connectivity index (χ0) is 13.1. The van der Waals surface area contributed by atoms with Crippen molar-refractivity contribution in [2.45, 2.75) is 6.92 Å². The molecule has 0 saturated carbocycles. The number of anilines is 2. The minimum absolute atomic E-state index is 0.0799. The lowest BCUT2D eigenvalue weighted by Gasteiger charge is -2.15. The highest BCUT2D eigenvalue weighted by Crippen LogP contribution is 2.22. The van der Waals surface area contributed by atoms with Gasteiger partial charge in [0.05, 0.1) is 11.4 Å². The summed E-state index contributed by atoms with van der Waals surface area (Å²) in [6, 6.07) is 5.56. The van der Waals surface area contributed by atoms with Crippen molar-refractivity contribution >= 4 is 33.0 Å². The Kier molecular flexibility index (Phi) is 4.65. The summed E-state index contributed by atoms with van der Waals surface area (Å²) in [7, 11) is 0.537. The van der Waals surface area contributed by atoms with Gasteiger partial charge >= 0.3 is 0 Å². The predicted octanol–water partition coefficient (Wildman–Crippen LogP) is 2.04. The smallest absolute Gasteiger partial charge is 0.233 e. The summed E-state index contributed by atoms with van der Waals surface area (Å²) in [6.07, 6.45) is 0. The standard InChI is InChI=1S/C11H17ClN2O2S/c1-9-8-10(14(2)3)4-5-11(9)13-17(15,16)7-6-12/h4-5,8,13H,6-7H2,1-3H3. The molecule has 0 atom stereocenters. The van der Waals surface area contributed by atoms with E-state index in [9.17, 15) is 8.42 Å². The van der Waals surface area contributed by atoms with Crippen LogP contribution in [0.5, 0.6) is 0 Å². The highest BCUT2D eigenvalue weighted by atomic mass is 35.5. The Morgan fingerprint density at radius 2 is 2.00 bits per heavy atom. The molecule has 0 amide bonds. The molecule has 6 heteroatoms. The lowest BCUT2D eigenvalue weighted by atomic mass is 10.2. The Bertz CT molecular complexity index is 486. The fourth-order valence-corrected chi connectivity index (χ4v) is 2.84. The van der Waals surface area contributed by atoms with Crippen molar-refractivity contribution in [1.82, 2.24) is 0 Å². The van der Waals surface area contributed by atoms with E-state index in [0.717, 1.165) is 11.3 Å². The number of halogens is 1. The van der Waals surface area contributed by atoms with Gasteiger partial charge in [0.15, 0.2) is 0 Å². The van der Waals surface area contributed by atoms with E-state index < -0.39 is 10.0 Å². The van der Waals surface area contributed by atoms with Crippen LogP contribution >= 0.6 is 11.6 Å². The first kappa shape index (κ1) is 14.1. The van der Waals surface area contributed by atoms with Crippen LogP contribution in [0.1, 0.15) is 5.56 Å². The first-order valence-electron chi connectivity index (χ1n) is 5.20. The topological polar surface area (TPSA) is 49.4 Å². The molecular weight excluding hydrogens is 260 g/mol. The monoisotopic (exact) mass is 276 g/mol. The van der Waals surface area contributed by atoms with Gasteiger partial charge in [0.1, 0.15) is 0 Å². The van der Waals surface area contributed by atoms with Crippen molar-refractivity contribution in [3.8, 4) is 0 Å². The third kappa shape index (κ3) is 4.09. The van der Waals surface area contributed by atoms with Gasteiger partial charge in [-0.1, -0.05) is 0 Å². The van der Waals surface area contributed by atoms with Gasteiger partial charge in [-0.15, -0.1) is 11.6 Å². The van der Waals surface area contributed by atoms with Gasteiger partial charge in [-0.2, -0.15) is 0 Å². The second kappa shape index (κ2) is 5.60. The Labute approximate surface area is 108 Å².